The summed E-state index contributed by atoms with van der Waals surface area (Å²) in [6.07, 6.45) is 2.90. The van der Waals surface area contributed by atoms with E-state index in [1.54, 1.807) is 0 Å². The number of rotatable bonds is 9. The first-order valence-electron chi connectivity index (χ1n) is 13.5. The van der Waals surface area contributed by atoms with Crippen molar-refractivity contribution in [3.05, 3.63) is 120 Å². The molecule has 2 heterocycles. The number of hydrogen-bond acceptors (Lipinski definition) is 4. The normalized spacial score (nSPS) is 16.7. The highest BCUT2D eigenvalue weighted by Gasteiger charge is 2.23. The van der Waals surface area contributed by atoms with E-state index in [4.69, 9.17) is 18.9 Å². The van der Waals surface area contributed by atoms with Crippen molar-refractivity contribution >= 4 is 0 Å². The van der Waals surface area contributed by atoms with Crippen LogP contribution in [-0.4, -0.2) is 38.6 Å². The SMILES string of the molecule is CCc1ccc(-c2ccc(CC)cc2)cc1.c1ccc(OCC2CO2)cc1.c1ccc(OCC2CO2)cc1. The molecule has 2 aliphatic rings. The van der Waals surface area contributed by atoms with E-state index >= 15 is 0 Å². The van der Waals surface area contributed by atoms with E-state index in [1.165, 1.54) is 22.3 Å². The summed E-state index contributed by atoms with van der Waals surface area (Å²) >= 11 is 0. The average Bonchev–Trinajstić information content (AvgIpc) is 3.93. The molecule has 0 bridgehead atoms. The van der Waals surface area contributed by atoms with Crippen molar-refractivity contribution < 1.29 is 18.9 Å². The molecule has 0 aromatic heterocycles. The van der Waals surface area contributed by atoms with Crippen LogP contribution in [0.5, 0.6) is 11.5 Å². The van der Waals surface area contributed by atoms with E-state index < -0.39 is 0 Å². The predicted molar refractivity (Wildman–Crippen MR) is 154 cm³/mol. The molecule has 0 spiro atoms. The number of para-hydroxylation sites is 2. The summed E-state index contributed by atoms with van der Waals surface area (Å²) in [5.74, 6) is 1.84. The second-order valence-corrected chi connectivity index (χ2v) is 9.26. The Balaban J connectivity index is 0.000000136. The van der Waals surface area contributed by atoms with Crippen LogP contribution in [0.3, 0.4) is 0 Å². The van der Waals surface area contributed by atoms with Gasteiger partial charge in [-0.1, -0.05) is 98.8 Å². The minimum atomic E-state index is 0.343. The van der Waals surface area contributed by atoms with Crippen molar-refractivity contribution in [1.29, 1.82) is 0 Å². The summed E-state index contributed by atoms with van der Waals surface area (Å²) in [5.41, 5.74) is 5.41. The largest absolute Gasteiger partial charge is 0.491 e. The van der Waals surface area contributed by atoms with Crippen molar-refractivity contribution in [1.82, 2.24) is 0 Å². The van der Waals surface area contributed by atoms with Gasteiger partial charge in [-0.2, -0.15) is 0 Å². The monoisotopic (exact) mass is 510 g/mol. The van der Waals surface area contributed by atoms with E-state index in [2.05, 4.69) is 62.4 Å². The van der Waals surface area contributed by atoms with Gasteiger partial charge in [0, 0.05) is 0 Å². The molecular formula is C34H38O4. The van der Waals surface area contributed by atoms with E-state index in [9.17, 15) is 0 Å². The van der Waals surface area contributed by atoms with Gasteiger partial charge in [-0.3, -0.25) is 0 Å². The predicted octanol–water partition coefficient (Wildman–Crippen LogP) is 7.41. The topological polar surface area (TPSA) is 43.5 Å². The van der Waals surface area contributed by atoms with Gasteiger partial charge in [-0.15, -0.1) is 0 Å². The van der Waals surface area contributed by atoms with Crippen LogP contribution in [-0.2, 0) is 22.3 Å². The third-order valence-electron chi connectivity index (χ3n) is 6.22. The van der Waals surface area contributed by atoms with Crippen molar-refractivity contribution in [3.8, 4) is 22.6 Å². The van der Waals surface area contributed by atoms with Crippen LogP contribution in [0.2, 0.25) is 0 Å². The highest BCUT2D eigenvalue weighted by molar-refractivity contribution is 5.63. The van der Waals surface area contributed by atoms with Gasteiger partial charge >= 0.3 is 0 Å². The molecule has 2 saturated heterocycles. The molecule has 0 amide bonds. The molecule has 0 radical (unpaired) electrons. The average molecular weight is 511 g/mol. The van der Waals surface area contributed by atoms with Crippen LogP contribution in [0.4, 0.5) is 0 Å². The Morgan fingerprint density at radius 2 is 0.868 bits per heavy atom. The van der Waals surface area contributed by atoms with Crippen molar-refractivity contribution in [2.75, 3.05) is 26.4 Å². The van der Waals surface area contributed by atoms with Gasteiger partial charge in [-0.05, 0) is 59.4 Å². The smallest absolute Gasteiger partial charge is 0.119 e. The molecule has 2 unspecified atom stereocenters. The van der Waals surface area contributed by atoms with E-state index in [-0.39, 0.29) is 0 Å². The molecule has 4 nitrogen and oxygen atoms in total. The van der Waals surface area contributed by atoms with Gasteiger partial charge in [0.1, 0.15) is 36.9 Å². The Morgan fingerprint density at radius 3 is 1.16 bits per heavy atom. The highest BCUT2D eigenvalue weighted by Crippen LogP contribution is 2.21. The molecule has 38 heavy (non-hydrogen) atoms. The molecule has 2 fully saturated rings. The minimum Gasteiger partial charge on any atom is -0.491 e. The zero-order chi connectivity index (χ0) is 26.4. The van der Waals surface area contributed by atoms with Crippen LogP contribution in [0.15, 0.2) is 109 Å². The van der Waals surface area contributed by atoms with Crippen LogP contribution in [0, 0.1) is 0 Å². The van der Waals surface area contributed by atoms with Crippen molar-refractivity contribution in [2.24, 2.45) is 0 Å². The Labute approximate surface area is 227 Å². The van der Waals surface area contributed by atoms with E-state index in [0.29, 0.717) is 25.4 Å². The molecule has 4 heteroatoms. The van der Waals surface area contributed by atoms with Gasteiger partial charge in [0.15, 0.2) is 0 Å². The first kappa shape index (κ1) is 27.4. The summed E-state index contributed by atoms with van der Waals surface area (Å²) in [5, 5.41) is 0. The molecule has 0 saturated carbocycles. The fraction of sp³-hybridized carbons (Fsp3) is 0.294. The Morgan fingerprint density at radius 1 is 0.526 bits per heavy atom. The molecule has 4 aromatic rings. The lowest BCUT2D eigenvalue weighted by Crippen LogP contribution is -2.03. The molecule has 0 N–H and O–H groups in total. The van der Waals surface area contributed by atoms with Gasteiger partial charge in [0.05, 0.1) is 13.2 Å². The molecule has 6 rings (SSSR count). The Hall–Kier alpha value is -3.60. The number of benzene rings is 4. The maximum Gasteiger partial charge on any atom is 0.119 e. The zero-order valence-corrected chi connectivity index (χ0v) is 22.4. The number of ether oxygens (including phenoxy) is 4. The molecule has 4 aromatic carbocycles. The van der Waals surface area contributed by atoms with Gasteiger partial charge in [0.2, 0.25) is 0 Å². The van der Waals surface area contributed by atoms with Crippen LogP contribution in [0.1, 0.15) is 25.0 Å². The standard InChI is InChI=1S/C16H18.2C9H10O2/c1-3-13-5-9-15(10-6-13)16-11-7-14(4-2)8-12-16;2*1-2-4-8(5-3-1)10-6-9-7-11-9/h5-12H,3-4H2,1-2H3;2*1-5,9H,6-7H2. The van der Waals surface area contributed by atoms with E-state index in [1.807, 2.05) is 60.7 Å². The molecule has 2 aliphatic heterocycles. The quantitative estimate of drug-likeness (QED) is 0.220. The summed E-state index contributed by atoms with van der Waals surface area (Å²) in [6.45, 7) is 7.45. The molecular weight excluding hydrogens is 472 g/mol. The van der Waals surface area contributed by atoms with Gasteiger partial charge in [0.25, 0.3) is 0 Å². The number of epoxide rings is 2. The summed E-state index contributed by atoms with van der Waals surface area (Å²) in [6, 6.07) is 37.3. The lowest BCUT2D eigenvalue weighted by atomic mass is 10.0. The summed E-state index contributed by atoms with van der Waals surface area (Å²) < 4.78 is 20.8. The summed E-state index contributed by atoms with van der Waals surface area (Å²) in [7, 11) is 0. The fourth-order valence-electron chi connectivity index (χ4n) is 3.61. The van der Waals surface area contributed by atoms with Crippen molar-refractivity contribution in [3.63, 3.8) is 0 Å². The fourth-order valence-corrected chi connectivity index (χ4v) is 3.61. The maximum absolute atomic E-state index is 5.40. The summed E-state index contributed by atoms with van der Waals surface area (Å²) in [4.78, 5) is 0. The number of aryl methyl sites for hydroxylation is 2. The molecule has 198 valence electrons. The third kappa shape index (κ3) is 10.0. The van der Waals surface area contributed by atoms with Crippen LogP contribution in [0.25, 0.3) is 11.1 Å². The zero-order valence-electron chi connectivity index (χ0n) is 22.4. The van der Waals surface area contributed by atoms with Crippen molar-refractivity contribution in [2.45, 2.75) is 38.9 Å². The minimum absolute atomic E-state index is 0.343. The van der Waals surface area contributed by atoms with Gasteiger partial charge in [-0.25, -0.2) is 0 Å². The first-order chi connectivity index (χ1) is 18.7. The lowest BCUT2D eigenvalue weighted by molar-refractivity contribution is 0.263. The van der Waals surface area contributed by atoms with Crippen LogP contribution < -0.4 is 9.47 Å². The second kappa shape index (κ2) is 15.0. The van der Waals surface area contributed by atoms with E-state index in [0.717, 1.165) is 37.6 Å². The van der Waals surface area contributed by atoms with Gasteiger partial charge < -0.3 is 18.9 Å². The molecule has 0 aliphatic carbocycles. The maximum atomic E-state index is 5.40. The van der Waals surface area contributed by atoms with Crippen LogP contribution >= 0.6 is 0 Å². The third-order valence-corrected chi connectivity index (χ3v) is 6.22. The lowest BCUT2D eigenvalue weighted by Gasteiger charge is -2.04. The molecule has 2 atom stereocenters. The highest BCUT2D eigenvalue weighted by atomic mass is 16.6. The Kier molecular flexibility index (Phi) is 10.8. The Bertz CT molecular complexity index is 1070. The first-order valence-corrected chi connectivity index (χ1v) is 13.5. The second-order valence-electron chi connectivity index (χ2n) is 9.26. The number of hydrogen-bond donors (Lipinski definition) is 0.